The van der Waals surface area contributed by atoms with Crippen molar-refractivity contribution in [2.45, 2.75) is 62.3 Å². The topological polar surface area (TPSA) is 27.7 Å². The van der Waals surface area contributed by atoms with Crippen molar-refractivity contribution in [3.8, 4) is 0 Å². The molecule has 0 spiro atoms. The zero-order valence-corrected chi connectivity index (χ0v) is 25.0. The minimum atomic E-state index is -2.29. The Labute approximate surface area is 179 Å². The van der Waals surface area contributed by atoms with Crippen LogP contribution in [-0.2, 0) is 12.9 Å². The Kier molecular flexibility index (Phi) is 10.6. The molecule has 0 fully saturated rings. The maximum atomic E-state index is 7.14. The van der Waals surface area contributed by atoms with Crippen LogP contribution in [0.5, 0.6) is 0 Å². The molecule has 0 N–H and O–H groups in total. The third-order valence-electron chi connectivity index (χ3n) is 9.00. The van der Waals surface area contributed by atoms with Crippen LogP contribution in [0.3, 0.4) is 0 Å². The van der Waals surface area contributed by atoms with Gasteiger partial charge in [-0.25, -0.2) is 0 Å². The van der Waals surface area contributed by atoms with Gasteiger partial charge in [-0.05, 0) is 0 Å². The Morgan fingerprint density at radius 3 is 0.643 bits per heavy atom. The molecule has 0 bridgehead atoms. The van der Waals surface area contributed by atoms with Gasteiger partial charge in [0.1, 0.15) is 0 Å². The summed E-state index contributed by atoms with van der Waals surface area (Å²) in [5.41, 5.74) is 0. The second-order valence-electron chi connectivity index (χ2n) is 9.88. The molecule has 0 saturated heterocycles. The van der Waals surface area contributed by atoms with Crippen LogP contribution in [-0.4, -0.2) is 75.5 Å². The van der Waals surface area contributed by atoms with Gasteiger partial charge in [0, 0.05) is 0 Å². The Morgan fingerprint density at radius 1 is 0.393 bits per heavy atom. The van der Waals surface area contributed by atoms with E-state index in [0.29, 0.717) is 0 Å². The molecular formula is C21H54O3P4. The van der Waals surface area contributed by atoms with Crippen molar-refractivity contribution in [1.82, 2.24) is 0 Å². The fourth-order valence-electron chi connectivity index (χ4n) is 3.20. The summed E-state index contributed by atoms with van der Waals surface area (Å²) in [7, 11) is -1.35. The Balaban J connectivity index is 6.35. The standard InChI is InChI=1S/C21H54O3P4/c1-13-26(10,14-2,15-3)22-25(23-27(11,16-4,17-5)18-6)24-28(12,19-7,20-8)21-9/h13-21H2,1-12H3. The van der Waals surface area contributed by atoms with Crippen molar-refractivity contribution in [1.29, 1.82) is 0 Å². The monoisotopic (exact) mass is 478 g/mol. The minimum absolute atomic E-state index is 1.10. The van der Waals surface area contributed by atoms with Crippen LogP contribution in [0.4, 0.5) is 0 Å². The van der Waals surface area contributed by atoms with Crippen LogP contribution in [0, 0.1) is 0 Å². The molecule has 0 radical (unpaired) electrons. The van der Waals surface area contributed by atoms with Crippen molar-refractivity contribution >= 4 is 29.1 Å². The first-order chi connectivity index (χ1) is 12.7. The Morgan fingerprint density at radius 2 is 0.536 bits per heavy atom. The molecule has 3 nitrogen and oxygen atoms in total. The molecule has 0 unspecified atom stereocenters. The van der Waals surface area contributed by atoms with E-state index >= 15 is 0 Å². The van der Waals surface area contributed by atoms with Crippen LogP contribution < -0.4 is 0 Å². The Hall–Kier alpha value is 1.60. The van der Waals surface area contributed by atoms with E-state index in [0.717, 1.165) is 55.5 Å². The molecule has 0 aromatic heterocycles. The van der Waals surface area contributed by atoms with Gasteiger partial charge < -0.3 is 0 Å². The fraction of sp³-hybridized carbons (Fsp3) is 1.00. The molecule has 176 valence electrons. The van der Waals surface area contributed by atoms with Crippen LogP contribution >= 0.6 is 29.1 Å². The number of hydrogen-bond acceptors (Lipinski definition) is 3. The zero-order valence-electron chi connectivity index (χ0n) is 21.4. The molecular weight excluding hydrogens is 424 g/mol. The molecule has 0 aliphatic heterocycles. The normalized spacial score (nSPS) is 19.1. The van der Waals surface area contributed by atoms with Crippen LogP contribution in [0.2, 0.25) is 0 Å². The van der Waals surface area contributed by atoms with Crippen LogP contribution in [0.25, 0.3) is 0 Å². The van der Waals surface area contributed by atoms with Gasteiger partial charge in [-0.15, -0.1) is 0 Å². The van der Waals surface area contributed by atoms with E-state index in [9.17, 15) is 0 Å². The van der Waals surface area contributed by atoms with E-state index in [-0.39, 0.29) is 0 Å². The van der Waals surface area contributed by atoms with Crippen LogP contribution in [0.15, 0.2) is 0 Å². The van der Waals surface area contributed by atoms with E-state index in [1.807, 2.05) is 0 Å². The summed E-state index contributed by atoms with van der Waals surface area (Å²) in [6.07, 6.45) is 9.86. The summed E-state index contributed by atoms with van der Waals surface area (Å²) >= 11 is 0. The first kappa shape index (κ1) is 29.6. The van der Waals surface area contributed by atoms with Gasteiger partial charge >= 0.3 is 180 Å². The van der Waals surface area contributed by atoms with Crippen molar-refractivity contribution in [2.75, 3.05) is 75.5 Å². The van der Waals surface area contributed by atoms with Gasteiger partial charge in [0.2, 0.25) is 0 Å². The van der Waals surface area contributed by atoms with Crippen molar-refractivity contribution in [3.05, 3.63) is 0 Å². The molecule has 0 heterocycles. The summed E-state index contributed by atoms with van der Waals surface area (Å²) in [6, 6.07) is 0. The van der Waals surface area contributed by atoms with Crippen molar-refractivity contribution < 1.29 is 12.9 Å². The zero-order chi connectivity index (χ0) is 22.4. The molecule has 0 rings (SSSR count). The van der Waals surface area contributed by atoms with Gasteiger partial charge in [-0.1, -0.05) is 0 Å². The van der Waals surface area contributed by atoms with Crippen molar-refractivity contribution in [2.24, 2.45) is 0 Å². The predicted molar refractivity (Wildman–Crippen MR) is 144 cm³/mol. The molecule has 0 saturated carbocycles. The molecule has 28 heavy (non-hydrogen) atoms. The molecule has 0 aromatic rings. The van der Waals surface area contributed by atoms with Crippen LogP contribution in [0.1, 0.15) is 62.3 Å². The number of rotatable bonds is 15. The van der Waals surface area contributed by atoms with Gasteiger partial charge in [0.25, 0.3) is 0 Å². The molecule has 0 amide bonds. The van der Waals surface area contributed by atoms with E-state index < -0.39 is 29.1 Å². The van der Waals surface area contributed by atoms with Gasteiger partial charge in [-0.3, -0.25) is 0 Å². The fourth-order valence-corrected chi connectivity index (χ4v) is 17.5. The first-order valence-corrected chi connectivity index (χ1v) is 22.2. The average molecular weight is 479 g/mol. The summed E-state index contributed by atoms with van der Waals surface area (Å²) in [6.45, 7) is 21.1. The summed E-state index contributed by atoms with van der Waals surface area (Å²) in [5, 5.41) is 0. The second kappa shape index (κ2) is 10.0. The van der Waals surface area contributed by atoms with Gasteiger partial charge in [0.15, 0.2) is 0 Å². The molecule has 0 aromatic carbocycles. The summed E-state index contributed by atoms with van der Waals surface area (Å²) in [5.74, 6) is 0. The van der Waals surface area contributed by atoms with E-state index in [4.69, 9.17) is 12.9 Å². The van der Waals surface area contributed by atoms with E-state index in [2.05, 4.69) is 82.3 Å². The molecule has 0 aliphatic rings. The second-order valence-corrected chi connectivity index (χ2v) is 31.1. The summed E-state index contributed by atoms with van der Waals surface area (Å²) < 4.78 is 21.4. The quantitative estimate of drug-likeness (QED) is 0.220. The average Bonchev–Trinajstić information content (AvgIpc) is 2.74. The summed E-state index contributed by atoms with van der Waals surface area (Å²) in [4.78, 5) is 0. The molecule has 0 aliphatic carbocycles. The van der Waals surface area contributed by atoms with Gasteiger partial charge in [0.05, 0.1) is 0 Å². The third-order valence-corrected chi connectivity index (χ3v) is 32.8. The maximum absolute atomic E-state index is 7.14. The predicted octanol–water partition coefficient (Wildman–Crippen LogP) is 8.74. The molecule has 7 heteroatoms. The van der Waals surface area contributed by atoms with E-state index in [1.54, 1.807) is 0 Å². The SMILES string of the molecule is CCP(C)(CC)(CC)OP(OP(C)(CC)(CC)CC)OP(C)(CC)(CC)CC. The molecule has 0 atom stereocenters. The number of hydrogen-bond donors (Lipinski definition) is 0. The van der Waals surface area contributed by atoms with Gasteiger partial charge in [-0.2, -0.15) is 0 Å². The Bertz CT molecular complexity index is 395. The first-order valence-electron chi connectivity index (χ1n) is 11.6. The van der Waals surface area contributed by atoms with Crippen molar-refractivity contribution in [3.63, 3.8) is 0 Å². The third kappa shape index (κ3) is 6.32. The van der Waals surface area contributed by atoms with E-state index in [1.165, 1.54) is 0 Å².